The van der Waals surface area contributed by atoms with Gasteiger partial charge in [0.25, 0.3) is 11.1 Å². The Balaban J connectivity index is 1.48. The second kappa shape index (κ2) is 13.5. The minimum absolute atomic E-state index is 0.0933. The molecule has 1 aromatic rings. The molecule has 196 valence electrons. The predicted octanol–water partition coefficient (Wildman–Crippen LogP) is 3.56. The van der Waals surface area contributed by atoms with E-state index in [0.29, 0.717) is 39.7 Å². The highest BCUT2D eigenvalue weighted by molar-refractivity contribution is 7.80. The van der Waals surface area contributed by atoms with Gasteiger partial charge in [-0.15, -0.1) is 0 Å². The van der Waals surface area contributed by atoms with Crippen molar-refractivity contribution in [3.63, 3.8) is 0 Å². The van der Waals surface area contributed by atoms with Gasteiger partial charge < -0.3 is 35.1 Å². The van der Waals surface area contributed by atoms with Crippen molar-refractivity contribution in [3.8, 4) is 5.75 Å². The van der Waals surface area contributed by atoms with Crippen molar-refractivity contribution in [2.45, 2.75) is 51.2 Å². The van der Waals surface area contributed by atoms with E-state index in [1.807, 2.05) is 0 Å². The summed E-state index contributed by atoms with van der Waals surface area (Å²) in [6.07, 6.45) is 5.06. The maximum Gasteiger partial charge on any atom is 0.259 e. The summed E-state index contributed by atoms with van der Waals surface area (Å²) in [5.74, 6) is 0.778. The summed E-state index contributed by atoms with van der Waals surface area (Å²) in [4.78, 5) is 17.6. The third-order valence-electron chi connectivity index (χ3n) is 6.94. The number of nitrogens with one attached hydrogen (secondary N) is 1. The van der Waals surface area contributed by atoms with E-state index in [1.165, 1.54) is 7.11 Å². The van der Waals surface area contributed by atoms with E-state index in [-0.39, 0.29) is 18.1 Å². The number of nitrogens with zero attached hydrogens (tertiary/aromatic N) is 2. The number of nitrogens with two attached hydrogens (primary N) is 1. The Hall–Kier alpha value is -1.81. The molecule has 0 aromatic heterocycles. The van der Waals surface area contributed by atoms with Crippen LogP contribution in [0.2, 0.25) is 5.02 Å². The van der Waals surface area contributed by atoms with Gasteiger partial charge in [-0.05, 0) is 49.9 Å². The van der Waals surface area contributed by atoms with Crippen LogP contribution in [0.5, 0.6) is 5.75 Å². The fourth-order valence-corrected chi connectivity index (χ4v) is 5.20. The summed E-state index contributed by atoms with van der Waals surface area (Å²) < 4.78 is 16.8. The molecule has 0 saturated carbocycles. The first-order chi connectivity index (χ1) is 16.9. The molecule has 1 aromatic carbocycles. The van der Waals surface area contributed by atoms with Crippen molar-refractivity contribution in [3.05, 3.63) is 22.7 Å². The second-order valence-electron chi connectivity index (χ2n) is 9.37. The van der Waals surface area contributed by atoms with E-state index in [4.69, 9.17) is 43.8 Å². The van der Waals surface area contributed by atoms with Crippen molar-refractivity contribution in [1.82, 2.24) is 15.1 Å². The molecule has 2 fully saturated rings. The van der Waals surface area contributed by atoms with Crippen LogP contribution >= 0.6 is 23.8 Å². The summed E-state index contributed by atoms with van der Waals surface area (Å²) in [5, 5.41) is 4.09. The molecule has 0 radical (unpaired) electrons. The van der Waals surface area contributed by atoms with Crippen molar-refractivity contribution in [2.75, 3.05) is 59.3 Å². The fourth-order valence-electron chi connectivity index (χ4n) is 4.77. The van der Waals surface area contributed by atoms with Gasteiger partial charge in [-0.1, -0.05) is 24.9 Å². The van der Waals surface area contributed by atoms with Crippen LogP contribution in [0.25, 0.3) is 0 Å². The highest BCUT2D eigenvalue weighted by Gasteiger charge is 2.33. The number of ether oxygens (including phenoxy) is 3. The molecule has 35 heavy (non-hydrogen) atoms. The van der Waals surface area contributed by atoms with Crippen LogP contribution in [-0.2, 0) is 9.47 Å². The van der Waals surface area contributed by atoms with Crippen LogP contribution < -0.4 is 15.8 Å². The van der Waals surface area contributed by atoms with Gasteiger partial charge in [0.05, 0.1) is 42.1 Å². The molecule has 2 aliphatic heterocycles. The Morgan fingerprint density at radius 3 is 2.63 bits per heavy atom. The normalized spacial score (nSPS) is 21.5. The molecule has 0 spiro atoms. The minimum Gasteiger partial charge on any atom is -0.496 e. The fraction of sp³-hybridized carbons (Fsp3) is 0.680. The Kier molecular flexibility index (Phi) is 10.7. The molecule has 8 nitrogen and oxygen atoms in total. The number of piperidine rings is 2. The lowest BCUT2D eigenvalue weighted by molar-refractivity contribution is -0.000536. The maximum absolute atomic E-state index is 13.0. The van der Waals surface area contributed by atoms with E-state index in [1.54, 1.807) is 19.2 Å². The average Bonchev–Trinajstić information content (AvgIpc) is 2.86. The topological polar surface area (TPSA) is 89.3 Å². The first-order valence-corrected chi connectivity index (χ1v) is 13.3. The number of unbranched alkanes of at least 4 members (excludes halogenated alkanes) is 1. The molecule has 2 aliphatic rings. The van der Waals surface area contributed by atoms with Crippen LogP contribution in [0, 0.1) is 5.92 Å². The zero-order valence-electron chi connectivity index (χ0n) is 21.1. The molecule has 0 bridgehead atoms. The number of hydrogen-bond acceptors (Lipinski definition) is 7. The average molecular weight is 527 g/mol. The number of halogens is 1. The van der Waals surface area contributed by atoms with Crippen LogP contribution in [0.4, 0.5) is 5.69 Å². The largest absolute Gasteiger partial charge is 0.496 e. The van der Waals surface area contributed by atoms with Crippen LogP contribution in [-0.4, -0.2) is 86.6 Å². The van der Waals surface area contributed by atoms with E-state index in [9.17, 15) is 4.79 Å². The second-order valence-corrected chi connectivity index (χ2v) is 10.1. The molecule has 3 N–H and O–H groups in total. The number of thiocarbonyl (C=S) groups is 1. The van der Waals surface area contributed by atoms with Crippen LogP contribution in [0.1, 0.15) is 49.4 Å². The SMILES string of the molecule is CCCCOC(=S)N1CCC(CN2CCC(NC(=O)c3cc(Cl)c(N)cc3OC)C(OC)C2)CC1. The predicted molar refractivity (Wildman–Crippen MR) is 143 cm³/mol. The van der Waals surface area contributed by atoms with Crippen molar-refractivity contribution in [2.24, 2.45) is 5.92 Å². The Bertz CT molecular complexity index is 866. The first-order valence-electron chi connectivity index (χ1n) is 12.5. The quantitative estimate of drug-likeness (QED) is 0.287. The third kappa shape index (κ3) is 7.59. The number of anilines is 1. The summed E-state index contributed by atoms with van der Waals surface area (Å²) in [7, 11) is 3.21. The smallest absolute Gasteiger partial charge is 0.259 e. The number of rotatable bonds is 9. The van der Waals surface area contributed by atoms with Gasteiger partial charge in [-0.3, -0.25) is 4.79 Å². The number of carbonyl (C=O) groups excluding carboxylic acids is 1. The maximum atomic E-state index is 13.0. The van der Waals surface area contributed by atoms with Gasteiger partial charge in [-0.25, -0.2) is 0 Å². The summed E-state index contributed by atoms with van der Waals surface area (Å²) in [6.45, 7) is 7.46. The molecule has 10 heteroatoms. The molecule has 3 rings (SSSR count). The monoisotopic (exact) mass is 526 g/mol. The number of carbonyl (C=O) groups is 1. The molecule has 2 atom stereocenters. The number of methoxy groups -OCH3 is 2. The highest BCUT2D eigenvalue weighted by atomic mass is 35.5. The van der Waals surface area contributed by atoms with Crippen LogP contribution in [0.15, 0.2) is 12.1 Å². The number of nitrogen functional groups attached to an aromatic ring is 1. The molecular formula is C25H39ClN4O4S. The Morgan fingerprint density at radius 1 is 1.23 bits per heavy atom. The van der Waals surface area contributed by atoms with E-state index in [2.05, 4.69) is 22.0 Å². The molecule has 0 aliphatic carbocycles. The number of likely N-dealkylation sites (tertiary alicyclic amines) is 2. The summed E-state index contributed by atoms with van der Waals surface area (Å²) in [5.41, 5.74) is 6.59. The van der Waals surface area contributed by atoms with Crippen molar-refractivity contribution >= 4 is 40.6 Å². The number of amides is 1. The minimum atomic E-state index is -0.242. The van der Waals surface area contributed by atoms with Crippen LogP contribution in [0.3, 0.4) is 0 Å². The van der Waals surface area contributed by atoms with Gasteiger partial charge in [0.15, 0.2) is 0 Å². The van der Waals surface area contributed by atoms with Gasteiger partial charge in [-0.2, -0.15) is 0 Å². The Labute approximate surface area is 219 Å². The lowest BCUT2D eigenvalue weighted by Crippen LogP contribution is -2.55. The Morgan fingerprint density at radius 2 is 1.97 bits per heavy atom. The van der Waals surface area contributed by atoms with Crippen molar-refractivity contribution < 1.29 is 19.0 Å². The zero-order valence-corrected chi connectivity index (χ0v) is 22.6. The molecular weight excluding hydrogens is 488 g/mol. The van der Waals surface area contributed by atoms with Gasteiger partial charge in [0, 0.05) is 45.9 Å². The van der Waals surface area contributed by atoms with Gasteiger partial charge >= 0.3 is 0 Å². The number of benzene rings is 1. The number of hydrogen-bond donors (Lipinski definition) is 2. The molecule has 2 heterocycles. The third-order valence-corrected chi connectivity index (χ3v) is 7.64. The summed E-state index contributed by atoms with van der Waals surface area (Å²) >= 11 is 11.6. The molecule has 1 amide bonds. The van der Waals surface area contributed by atoms with Gasteiger partial charge in [0.1, 0.15) is 5.75 Å². The standard InChI is InChI=1S/C25H39ClN4O4S/c1-4-5-12-34-25(35)30-10-6-17(7-11-30)15-29-9-8-21(23(16-29)33-3)28-24(31)18-13-19(26)20(27)14-22(18)32-2/h13-14,17,21,23H,4-12,15-16,27H2,1-3H3,(H,28,31). The lowest BCUT2D eigenvalue weighted by Gasteiger charge is -2.41. The van der Waals surface area contributed by atoms with E-state index in [0.717, 1.165) is 64.8 Å². The van der Waals surface area contributed by atoms with E-state index < -0.39 is 0 Å². The first kappa shape index (κ1) is 27.8. The zero-order chi connectivity index (χ0) is 25.4. The van der Waals surface area contributed by atoms with E-state index >= 15 is 0 Å². The molecule has 2 unspecified atom stereocenters. The van der Waals surface area contributed by atoms with Crippen molar-refractivity contribution in [1.29, 1.82) is 0 Å². The molecule has 2 saturated heterocycles. The highest BCUT2D eigenvalue weighted by Crippen LogP contribution is 2.29. The van der Waals surface area contributed by atoms with Gasteiger partial charge in [0.2, 0.25) is 0 Å². The summed E-state index contributed by atoms with van der Waals surface area (Å²) in [6, 6.07) is 3.03. The lowest BCUT2D eigenvalue weighted by atomic mass is 9.94.